The summed E-state index contributed by atoms with van der Waals surface area (Å²) in [6, 6.07) is 17.9. The Morgan fingerprint density at radius 1 is 0.963 bits per heavy atom. The minimum absolute atomic E-state index is 0.132. The summed E-state index contributed by atoms with van der Waals surface area (Å²) in [6.45, 7) is 0.185. The molecule has 0 unspecified atom stereocenters. The molecule has 1 heterocycles. The summed E-state index contributed by atoms with van der Waals surface area (Å²) < 4.78 is 33.0. The second-order valence-corrected chi connectivity index (χ2v) is 6.16. The van der Waals surface area contributed by atoms with Crippen LogP contribution in [0.2, 0.25) is 0 Å². The molecule has 0 radical (unpaired) electrons. The van der Waals surface area contributed by atoms with E-state index in [2.05, 4.69) is 5.32 Å². The number of hydrogen-bond donors (Lipinski definition) is 1. The Morgan fingerprint density at radius 2 is 1.70 bits per heavy atom. The molecule has 0 saturated heterocycles. The van der Waals surface area contributed by atoms with Gasteiger partial charge in [-0.05, 0) is 35.9 Å². The number of hydrogen-bond acceptors (Lipinski definition) is 2. The van der Waals surface area contributed by atoms with Crippen LogP contribution >= 0.6 is 0 Å². The number of benzene rings is 3. The molecule has 0 atom stereocenters. The Kier molecular flexibility index (Phi) is 4.46. The number of nitrogens with one attached hydrogen (secondary N) is 1. The number of urea groups is 1. The summed E-state index contributed by atoms with van der Waals surface area (Å²) >= 11 is 0. The summed E-state index contributed by atoms with van der Waals surface area (Å²) in [5, 5.41) is 2.85. The molecular weight excluding hydrogens is 350 g/mol. The minimum Gasteiger partial charge on any atom is -0.489 e. The predicted molar refractivity (Wildman–Crippen MR) is 98.8 cm³/mol. The van der Waals surface area contributed by atoms with Crippen molar-refractivity contribution in [2.75, 3.05) is 10.2 Å². The van der Waals surface area contributed by atoms with Gasteiger partial charge < -0.3 is 10.1 Å². The fraction of sp³-hybridized carbons (Fsp3) is 0.0952. The molecule has 0 spiro atoms. The Hall–Kier alpha value is -3.41. The van der Waals surface area contributed by atoms with E-state index < -0.39 is 11.6 Å². The molecule has 0 fully saturated rings. The van der Waals surface area contributed by atoms with Gasteiger partial charge in [0.1, 0.15) is 24.0 Å². The Balaban J connectivity index is 1.54. The van der Waals surface area contributed by atoms with Crippen molar-refractivity contribution < 1.29 is 18.3 Å². The number of halogens is 2. The molecule has 0 aromatic heterocycles. The van der Waals surface area contributed by atoms with E-state index >= 15 is 0 Å². The zero-order chi connectivity index (χ0) is 18.8. The van der Waals surface area contributed by atoms with E-state index in [-0.39, 0.29) is 18.2 Å². The molecule has 4 rings (SSSR count). The van der Waals surface area contributed by atoms with E-state index in [0.717, 1.165) is 11.3 Å². The predicted octanol–water partition coefficient (Wildman–Crippen LogP) is 5.10. The van der Waals surface area contributed by atoms with Crippen LogP contribution in [0, 0.1) is 11.6 Å². The third-order valence-corrected chi connectivity index (χ3v) is 4.41. The van der Waals surface area contributed by atoms with E-state index in [1.165, 1.54) is 18.2 Å². The molecule has 0 bridgehead atoms. The molecule has 3 aromatic carbocycles. The number of ether oxygens (including phenoxy) is 1. The first-order valence-electron chi connectivity index (χ1n) is 8.44. The van der Waals surface area contributed by atoms with Crippen LogP contribution in [0.5, 0.6) is 5.75 Å². The first kappa shape index (κ1) is 17.0. The van der Waals surface area contributed by atoms with Crippen molar-refractivity contribution in [1.82, 2.24) is 0 Å². The van der Waals surface area contributed by atoms with Crippen LogP contribution in [0.4, 0.5) is 25.0 Å². The summed E-state index contributed by atoms with van der Waals surface area (Å²) in [5.74, 6) is -0.891. The van der Waals surface area contributed by atoms with Crippen molar-refractivity contribution in [2.24, 2.45) is 0 Å². The molecule has 3 aromatic rings. The molecule has 27 heavy (non-hydrogen) atoms. The fourth-order valence-electron chi connectivity index (χ4n) is 2.98. The highest BCUT2D eigenvalue weighted by Crippen LogP contribution is 2.29. The molecule has 1 N–H and O–H groups in total. The average Bonchev–Trinajstić information content (AvgIpc) is 2.67. The summed E-state index contributed by atoms with van der Waals surface area (Å²) in [5.41, 5.74) is 2.29. The first-order chi connectivity index (χ1) is 13.1. The number of nitrogens with zero attached hydrogens (tertiary/aromatic N) is 1. The minimum atomic E-state index is -0.654. The van der Waals surface area contributed by atoms with Crippen LogP contribution in [-0.4, -0.2) is 6.03 Å². The van der Waals surface area contributed by atoms with Gasteiger partial charge in [-0.1, -0.05) is 30.3 Å². The number of anilines is 2. The highest BCUT2D eigenvalue weighted by atomic mass is 19.1. The van der Waals surface area contributed by atoms with Gasteiger partial charge in [-0.15, -0.1) is 0 Å². The maximum Gasteiger partial charge on any atom is 0.326 e. The van der Waals surface area contributed by atoms with Crippen LogP contribution in [0.15, 0.2) is 66.7 Å². The van der Waals surface area contributed by atoms with Gasteiger partial charge in [0.25, 0.3) is 0 Å². The normalized spacial score (nSPS) is 13.1. The third kappa shape index (κ3) is 3.46. The number of carbonyl (C=O) groups excluding carboxylic acids is 1. The Bertz CT molecular complexity index is 987. The summed E-state index contributed by atoms with van der Waals surface area (Å²) in [6.07, 6.45) is 0. The second kappa shape index (κ2) is 7.07. The van der Waals surface area contributed by atoms with Gasteiger partial charge in [0, 0.05) is 17.4 Å². The van der Waals surface area contributed by atoms with Gasteiger partial charge in [-0.2, -0.15) is 0 Å². The molecule has 136 valence electrons. The van der Waals surface area contributed by atoms with Crippen molar-refractivity contribution in [3.63, 3.8) is 0 Å². The molecule has 1 aliphatic rings. The third-order valence-electron chi connectivity index (χ3n) is 4.41. The van der Waals surface area contributed by atoms with Crippen LogP contribution in [0.1, 0.15) is 11.1 Å². The number of amides is 2. The number of fused-ring (bicyclic) bond motifs is 1. The smallest absolute Gasteiger partial charge is 0.326 e. The fourth-order valence-corrected chi connectivity index (χ4v) is 2.98. The molecule has 6 heteroatoms. The highest BCUT2D eigenvalue weighted by molar-refractivity contribution is 6.04. The largest absolute Gasteiger partial charge is 0.489 e. The van der Waals surface area contributed by atoms with Gasteiger partial charge in [0.2, 0.25) is 0 Å². The first-order valence-corrected chi connectivity index (χ1v) is 8.44. The summed E-state index contributed by atoms with van der Waals surface area (Å²) in [7, 11) is 0. The van der Waals surface area contributed by atoms with E-state index in [1.54, 1.807) is 29.2 Å². The van der Waals surface area contributed by atoms with Crippen LogP contribution in [-0.2, 0) is 13.2 Å². The van der Waals surface area contributed by atoms with E-state index in [0.29, 0.717) is 18.0 Å². The molecule has 2 amide bonds. The lowest BCUT2D eigenvalue weighted by molar-refractivity contribution is 0.256. The molecule has 0 aliphatic carbocycles. The van der Waals surface area contributed by atoms with E-state index in [4.69, 9.17) is 4.74 Å². The number of rotatable bonds is 4. The lowest BCUT2D eigenvalue weighted by atomic mass is 10.1. The van der Waals surface area contributed by atoms with E-state index in [1.807, 2.05) is 24.3 Å². The lowest BCUT2D eigenvalue weighted by Gasteiger charge is -2.29. The maximum absolute atomic E-state index is 13.7. The van der Waals surface area contributed by atoms with Gasteiger partial charge in [-0.3, -0.25) is 4.90 Å². The zero-order valence-corrected chi connectivity index (χ0v) is 14.3. The molecule has 4 nitrogen and oxygen atoms in total. The van der Waals surface area contributed by atoms with Crippen LogP contribution in [0.25, 0.3) is 0 Å². The van der Waals surface area contributed by atoms with Crippen molar-refractivity contribution in [1.29, 1.82) is 0 Å². The highest BCUT2D eigenvalue weighted by Gasteiger charge is 2.23. The van der Waals surface area contributed by atoms with Crippen molar-refractivity contribution in [2.45, 2.75) is 13.2 Å². The van der Waals surface area contributed by atoms with E-state index in [9.17, 15) is 13.6 Å². The maximum atomic E-state index is 13.7. The Morgan fingerprint density at radius 3 is 2.52 bits per heavy atom. The number of para-hydroxylation sites is 1. The van der Waals surface area contributed by atoms with Crippen molar-refractivity contribution >= 4 is 17.4 Å². The van der Waals surface area contributed by atoms with Crippen molar-refractivity contribution in [3.8, 4) is 5.75 Å². The standard InChI is InChI=1S/C21H16F2N2O2/c22-18-8-4-9-19(23)17(18)13-27-16-7-3-6-15(11-16)25-12-14-5-1-2-10-20(14)24-21(25)26/h1-11H,12-13H2,(H,24,26). The monoisotopic (exact) mass is 366 g/mol. The number of carbonyl (C=O) groups is 1. The van der Waals surface area contributed by atoms with Gasteiger partial charge in [0.15, 0.2) is 0 Å². The second-order valence-electron chi connectivity index (χ2n) is 6.16. The van der Waals surface area contributed by atoms with Gasteiger partial charge in [0.05, 0.1) is 12.1 Å². The van der Waals surface area contributed by atoms with Crippen LogP contribution < -0.4 is 15.0 Å². The van der Waals surface area contributed by atoms with Gasteiger partial charge in [-0.25, -0.2) is 13.6 Å². The van der Waals surface area contributed by atoms with Crippen LogP contribution in [0.3, 0.4) is 0 Å². The molecule has 1 aliphatic heterocycles. The lowest BCUT2D eigenvalue weighted by Crippen LogP contribution is -2.38. The molecular formula is C21H16F2N2O2. The SMILES string of the molecule is O=C1Nc2ccccc2CN1c1cccc(OCc2c(F)cccc2F)c1. The molecule has 0 saturated carbocycles. The van der Waals surface area contributed by atoms with Crippen molar-refractivity contribution in [3.05, 3.63) is 89.5 Å². The summed E-state index contributed by atoms with van der Waals surface area (Å²) in [4.78, 5) is 14.0. The quantitative estimate of drug-likeness (QED) is 0.698. The topological polar surface area (TPSA) is 41.6 Å². The van der Waals surface area contributed by atoms with Gasteiger partial charge >= 0.3 is 6.03 Å². The zero-order valence-electron chi connectivity index (χ0n) is 14.3. The Labute approximate surface area is 155 Å². The average molecular weight is 366 g/mol.